The van der Waals surface area contributed by atoms with Gasteiger partial charge in [0.2, 0.25) is 0 Å². The molecule has 4 nitrogen and oxygen atoms in total. The van der Waals surface area contributed by atoms with Crippen molar-refractivity contribution in [3.05, 3.63) is 42.6 Å². The summed E-state index contributed by atoms with van der Waals surface area (Å²) in [6, 6.07) is 9.24. The molecule has 0 saturated heterocycles. The van der Waals surface area contributed by atoms with Crippen molar-refractivity contribution < 1.29 is 4.79 Å². The molecule has 0 bridgehead atoms. The highest BCUT2D eigenvalue weighted by molar-refractivity contribution is 5.93. The first-order valence-corrected chi connectivity index (χ1v) is 4.36. The summed E-state index contributed by atoms with van der Waals surface area (Å²) in [4.78, 5) is 13.2. The Kier molecular flexibility index (Phi) is 2.20. The van der Waals surface area contributed by atoms with Crippen LogP contribution in [0.5, 0.6) is 0 Å². The Labute approximate surface area is 82.2 Å². The standard InChI is InChI=1S/C10H11N3O/c11-13-8-4-7-12(10(13)14)9-5-2-1-3-6-9/h1-6,8H,7,11H2. The minimum absolute atomic E-state index is 0.210. The van der Waals surface area contributed by atoms with Crippen LogP contribution >= 0.6 is 0 Å². The van der Waals surface area contributed by atoms with Crippen molar-refractivity contribution in [1.82, 2.24) is 5.01 Å². The third-order valence-electron chi connectivity index (χ3n) is 2.07. The summed E-state index contributed by atoms with van der Waals surface area (Å²) < 4.78 is 0. The molecule has 1 aliphatic heterocycles. The Balaban J connectivity index is 2.28. The molecule has 0 atom stereocenters. The molecule has 0 spiro atoms. The molecule has 0 radical (unpaired) electrons. The molecule has 0 fully saturated rings. The Morgan fingerprint density at radius 1 is 1.21 bits per heavy atom. The van der Waals surface area contributed by atoms with Crippen molar-refractivity contribution in [1.29, 1.82) is 0 Å². The number of hydrazine groups is 1. The van der Waals surface area contributed by atoms with Gasteiger partial charge in [0.15, 0.2) is 0 Å². The smallest absolute Gasteiger partial charge is 0.289 e. The number of para-hydroxylation sites is 1. The highest BCUT2D eigenvalue weighted by Crippen LogP contribution is 2.16. The van der Waals surface area contributed by atoms with E-state index >= 15 is 0 Å². The van der Waals surface area contributed by atoms with Crippen LogP contribution in [0, 0.1) is 0 Å². The third-order valence-corrected chi connectivity index (χ3v) is 2.07. The number of nitrogens with zero attached hydrogens (tertiary/aromatic N) is 2. The molecule has 1 aliphatic rings. The zero-order chi connectivity index (χ0) is 9.97. The predicted molar refractivity (Wildman–Crippen MR) is 54.4 cm³/mol. The maximum Gasteiger partial charge on any atom is 0.343 e. The summed E-state index contributed by atoms with van der Waals surface area (Å²) in [5, 5.41) is 1.08. The number of rotatable bonds is 1. The van der Waals surface area contributed by atoms with Gasteiger partial charge in [-0.1, -0.05) is 18.2 Å². The maximum absolute atomic E-state index is 11.6. The SMILES string of the molecule is NN1C=CCN(c2ccccc2)C1=O. The minimum Gasteiger partial charge on any atom is -0.289 e. The van der Waals surface area contributed by atoms with Gasteiger partial charge in [0.25, 0.3) is 0 Å². The number of urea groups is 1. The number of hydrogen-bond acceptors (Lipinski definition) is 2. The Morgan fingerprint density at radius 2 is 1.93 bits per heavy atom. The quantitative estimate of drug-likeness (QED) is 0.535. The third kappa shape index (κ3) is 1.47. The number of carbonyl (C=O) groups is 1. The zero-order valence-corrected chi connectivity index (χ0v) is 7.63. The lowest BCUT2D eigenvalue weighted by atomic mass is 10.3. The molecule has 72 valence electrons. The monoisotopic (exact) mass is 189 g/mol. The lowest BCUT2D eigenvalue weighted by molar-refractivity contribution is 0.221. The summed E-state index contributed by atoms with van der Waals surface area (Å²) in [6.45, 7) is 0.566. The normalized spacial score (nSPS) is 16.2. The van der Waals surface area contributed by atoms with Gasteiger partial charge in [0, 0.05) is 18.4 Å². The van der Waals surface area contributed by atoms with Crippen LogP contribution < -0.4 is 10.7 Å². The number of hydrogen-bond donors (Lipinski definition) is 1. The molecule has 0 aliphatic carbocycles. The Bertz CT molecular complexity index is 361. The zero-order valence-electron chi connectivity index (χ0n) is 7.63. The molecule has 4 heteroatoms. The molecular formula is C10H11N3O. The van der Waals surface area contributed by atoms with Gasteiger partial charge >= 0.3 is 6.03 Å². The summed E-state index contributed by atoms with van der Waals surface area (Å²) >= 11 is 0. The number of nitrogens with two attached hydrogens (primary N) is 1. The molecule has 2 rings (SSSR count). The number of amides is 2. The molecule has 1 aromatic rings. The lowest BCUT2D eigenvalue weighted by Crippen LogP contribution is -2.47. The van der Waals surface area contributed by atoms with Crippen LogP contribution in [0.2, 0.25) is 0 Å². The van der Waals surface area contributed by atoms with E-state index in [2.05, 4.69) is 0 Å². The summed E-state index contributed by atoms with van der Waals surface area (Å²) in [5.41, 5.74) is 0.859. The van der Waals surface area contributed by atoms with Crippen molar-refractivity contribution in [3.63, 3.8) is 0 Å². The first-order chi connectivity index (χ1) is 6.79. The van der Waals surface area contributed by atoms with Crippen molar-refractivity contribution in [2.24, 2.45) is 5.84 Å². The highest BCUT2D eigenvalue weighted by atomic mass is 16.2. The number of anilines is 1. The second kappa shape index (κ2) is 3.51. The molecule has 2 N–H and O–H groups in total. The molecule has 1 heterocycles. The van der Waals surface area contributed by atoms with E-state index in [1.807, 2.05) is 36.4 Å². The van der Waals surface area contributed by atoms with Crippen LogP contribution in [0.25, 0.3) is 0 Å². The van der Waals surface area contributed by atoms with Gasteiger partial charge in [-0.25, -0.2) is 15.6 Å². The van der Waals surface area contributed by atoms with E-state index in [1.165, 1.54) is 0 Å². The first-order valence-electron chi connectivity index (χ1n) is 4.36. The van der Waals surface area contributed by atoms with Crippen LogP contribution in [-0.2, 0) is 0 Å². The van der Waals surface area contributed by atoms with Gasteiger partial charge in [-0.15, -0.1) is 0 Å². The maximum atomic E-state index is 11.6. The summed E-state index contributed by atoms with van der Waals surface area (Å²) in [6.07, 6.45) is 3.41. The van der Waals surface area contributed by atoms with Gasteiger partial charge < -0.3 is 0 Å². The fourth-order valence-electron chi connectivity index (χ4n) is 1.37. The van der Waals surface area contributed by atoms with Crippen molar-refractivity contribution in [3.8, 4) is 0 Å². The first kappa shape index (κ1) is 8.77. The van der Waals surface area contributed by atoms with Crippen LogP contribution in [-0.4, -0.2) is 17.6 Å². The van der Waals surface area contributed by atoms with Gasteiger partial charge in [-0.3, -0.25) is 4.90 Å². The average molecular weight is 189 g/mol. The predicted octanol–water partition coefficient (Wildman–Crippen LogP) is 1.32. The Morgan fingerprint density at radius 3 is 2.64 bits per heavy atom. The number of benzene rings is 1. The fraction of sp³-hybridized carbons (Fsp3) is 0.100. The summed E-state index contributed by atoms with van der Waals surface area (Å²) in [7, 11) is 0. The van der Waals surface area contributed by atoms with Crippen LogP contribution in [0.3, 0.4) is 0 Å². The van der Waals surface area contributed by atoms with E-state index < -0.39 is 0 Å². The van der Waals surface area contributed by atoms with E-state index in [9.17, 15) is 4.79 Å². The second-order valence-corrected chi connectivity index (χ2v) is 3.02. The second-order valence-electron chi connectivity index (χ2n) is 3.02. The van der Waals surface area contributed by atoms with Crippen molar-refractivity contribution in [2.75, 3.05) is 11.4 Å². The van der Waals surface area contributed by atoms with E-state index in [1.54, 1.807) is 11.1 Å². The topological polar surface area (TPSA) is 49.6 Å². The molecular weight excluding hydrogens is 178 g/mol. The van der Waals surface area contributed by atoms with Crippen LogP contribution in [0.15, 0.2) is 42.6 Å². The van der Waals surface area contributed by atoms with Crippen LogP contribution in [0.4, 0.5) is 10.5 Å². The Hall–Kier alpha value is -1.81. The molecule has 2 amide bonds. The van der Waals surface area contributed by atoms with Gasteiger partial charge in [0.05, 0.1) is 0 Å². The molecule has 1 aromatic carbocycles. The fourth-order valence-corrected chi connectivity index (χ4v) is 1.37. The van der Waals surface area contributed by atoms with E-state index in [4.69, 9.17) is 5.84 Å². The van der Waals surface area contributed by atoms with Gasteiger partial charge in [0.1, 0.15) is 0 Å². The minimum atomic E-state index is -0.210. The van der Waals surface area contributed by atoms with Crippen molar-refractivity contribution in [2.45, 2.75) is 0 Å². The molecule has 0 unspecified atom stereocenters. The van der Waals surface area contributed by atoms with Crippen molar-refractivity contribution >= 4 is 11.7 Å². The van der Waals surface area contributed by atoms with Gasteiger partial charge in [-0.05, 0) is 18.2 Å². The highest BCUT2D eigenvalue weighted by Gasteiger charge is 2.20. The summed E-state index contributed by atoms with van der Waals surface area (Å²) in [5.74, 6) is 5.46. The molecule has 14 heavy (non-hydrogen) atoms. The van der Waals surface area contributed by atoms with Gasteiger partial charge in [-0.2, -0.15) is 0 Å². The van der Waals surface area contributed by atoms with E-state index in [0.29, 0.717) is 6.54 Å². The molecule has 0 saturated carbocycles. The van der Waals surface area contributed by atoms with E-state index in [0.717, 1.165) is 10.7 Å². The molecule has 0 aromatic heterocycles. The average Bonchev–Trinajstić information content (AvgIpc) is 2.23. The largest absolute Gasteiger partial charge is 0.343 e. The number of carbonyl (C=O) groups excluding carboxylic acids is 1. The van der Waals surface area contributed by atoms with E-state index in [-0.39, 0.29) is 6.03 Å². The lowest BCUT2D eigenvalue weighted by Gasteiger charge is -2.28. The van der Waals surface area contributed by atoms with Crippen LogP contribution in [0.1, 0.15) is 0 Å².